The summed E-state index contributed by atoms with van der Waals surface area (Å²) in [5.41, 5.74) is -0.473. The number of para-hydroxylation sites is 2. The van der Waals surface area contributed by atoms with Gasteiger partial charge in [-0.2, -0.15) is 4.57 Å². The highest BCUT2D eigenvalue weighted by molar-refractivity contribution is 5.95. The molecule has 2 amide bonds. The Hall–Kier alpha value is -3.63. The fraction of sp³-hybridized carbons (Fsp3) is 0.400. The quantitative estimate of drug-likeness (QED) is 0.538. The van der Waals surface area contributed by atoms with Gasteiger partial charge in [0.25, 0.3) is 0 Å². The molecule has 5 rings (SSSR count). The Balaban J connectivity index is 1.57. The van der Waals surface area contributed by atoms with Crippen LogP contribution >= 0.6 is 0 Å². The molecule has 2 aliphatic heterocycles. The Morgan fingerprint density at radius 1 is 0.857 bits per heavy atom. The van der Waals surface area contributed by atoms with Crippen LogP contribution in [0.1, 0.15) is 20.0 Å². The van der Waals surface area contributed by atoms with E-state index in [1.165, 1.54) is 0 Å². The Bertz CT molecular complexity index is 1290. The molecule has 0 radical (unpaired) electrons. The van der Waals surface area contributed by atoms with Gasteiger partial charge in [-0.1, -0.05) is 36.4 Å². The molecule has 0 aliphatic carbocycles. The largest absolute Gasteiger partial charge is 0.447 e. The van der Waals surface area contributed by atoms with E-state index in [-0.39, 0.29) is 6.03 Å². The van der Waals surface area contributed by atoms with Crippen molar-refractivity contribution in [2.75, 3.05) is 44.3 Å². The first-order valence-corrected chi connectivity index (χ1v) is 11.8. The zero-order valence-corrected chi connectivity index (χ0v) is 19.9. The highest BCUT2D eigenvalue weighted by Crippen LogP contribution is 2.42. The van der Waals surface area contributed by atoms with Crippen molar-refractivity contribution in [3.05, 3.63) is 81.7 Å². The summed E-state index contributed by atoms with van der Waals surface area (Å²) >= 11 is 0. The van der Waals surface area contributed by atoms with Crippen molar-refractivity contribution in [3.63, 3.8) is 0 Å². The molecule has 3 heterocycles. The van der Waals surface area contributed by atoms with Crippen LogP contribution in [0.25, 0.3) is 5.69 Å². The van der Waals surface area contributed by atoms with Crippen molar-refractivity contribution in [2.45, 2.75) is 25.6 Å². The second kappa shape index (κ2) is 9.20. The summed E-state index contributed by atoms with van der Waals surface area (Å²) in [5.74, 6) is -0.802. The van der Waals surface area contributed by atoms with E-state index in [0.717, 1.165) is 22.4 Å². The van der Waals surface area contributed by atoms with Crippen molar-refractivity contribution >= 4 is 11.7 Å². The fourth-order valence-electron chi connectivity index (χ4n) is 4.91. The highest BCUT2D eigenvalue weighted by atomic mass is 16.5. The number of urea groups is 1. The number of aromatic nitrogens is 2. The van der Waals surface area contributed by atoms with Gasteiger partial charge in [0.2, 0.25) is 0 Å². The third-order valence-electron chi connectivity index (χ3n) is 6.76. The molecule has 1 aromatic heterocycles. The predicted octanol–water partition coefficient (Wildman–Crippen LogP) is 2.14. The second-order valence-corrected chi connectivity index (χ2v) is 9.26. The molecule has 2 saturated heterocycles. The molecule has 184 valence electrons. The third kappa shape index (κ3) is 4.08. The fourth-order valence-corrected chi connectivity index (χ4v) is 4.91. The number of rotatable bonds is 6. The molecular weight excluding hydrogens is 450 g/mol. The van der Waals surface area contributed by atoms with E-state index in [9.17, 15) is 14.4 Å². The maximum Gasteiger partial charge on any atom is 0.447 e. The number of carbonyl (C=O) groups is 1. The van der Waals surface area contributed by atoms with Gasteiger partial charge in [0, 0.05) is 31.9 Å². The summed E-state index contributed by atoms with van der Waals surface area (Å²) < 4.78 is 13.0. The lowest BCUT2D eigenvalue weighted by Crippen LogP contribution is -2.50. The lowest BCUT2D eigenvalue weighted by atomic mass is 10.00. The first-order chi connectivity index (χ1) is 16.9. The number of anilines is 1. The number of benzene rings is 2. The molecule has 35 heavy (non-hydrogen) atoms. The van der Waals surface area contributed by atoms with Crippen LogP contribution in [0.3, 0.4) is 0 Å². The molecule has 1 atom stereocenters. The van der Waals surface area contributed by atoms with E-state index in [1.807, 2.05) is 44.2 Å². The lowest BCUT2D eigenvalue weighted by Gasteiger charge is -2.35. The van der Waals surface area contributed by atoms with E-state index in [0.29, 0.717) is 37.7 Å². The topological polar surface area (TPSA) is 93.2 Å². The average Bonchev–Trinajstić information content (AvgIpc) is 3.27. The van der Waals surface area contributed by atoms with Gasteiger partial charge in [-0.25, -0.2) is 14.4 Å². The van der Waals surface area contributed by atoms with Gasteiger partial charge in [-0.15, -0.1) is 4.74 Å². The van der Waals surface area contributed by atoms with E-state index >= 15 is 0 Å². The Morgan fingerprint density at radius 3 is 2.09 bits per heavy atom. The molecule has 0 saturated carbocycles. The summed E-state index contributed by atoms with van der Waals surface area (Å²) in [7, 11) is 0. The van der Waals surface area contributed by atoms with Crippen LogP contribution in [0.2, 0.25) is 0 Å². The number of hydrogen-bond donors (Lipinski definition) is 0. The monoisotopic (exact) mass is 479 g/mol. The first kappa shape index (κ1) is 23.1. The zero-order chi connectivity index (χ0) is 24.6. The van der Waals surface area contributed by atoms with Crippen molar-refractivity contribution in [1.82, 2.24) is 19.1 Å². The van der Waals surface area contributed by atoms with Crippen LogP contribution in [0.4, 0.5) is 10.5 Å². The molecule has 0 unspecified atom stereocenters. The van der Waals surface area contributed by atoms with Gasteiger partial charge in [-0.05, 0) is 38.1 Å². The number of nitrogens with zero attached hydrogens (tertiary/aromatic N) is 5. The van der Waals surface area contributed by atoms with Crippen molar-refractivity contribution in [1.29, 1.82) is 0 Å². The Labute approximate surface area is 202 Å². The Morgan fingerprint density at radius 2 is 1.46 bits per heavy atom. The maximum atomic E-state index is 13.8. The average molecular weight is 480 g/mol. The van der Waals surface area contributed by atoms with E-state index in [4.69, 9.17) is 9.26 Å². The van der Waals surface area contributed by atoms with Crippen LogP contribution < -0.4 is 16.3 Å². The molecule has 10 heteroatoms. The minimum Gasteiger partial charge on any atom is -0.379 e. The minimum absolute atomic E-state index is 0.249. The van der Waals surface area contributed by atoms with Crippen LogP contribution in [0, 0.1) is 0 Å². The minimum atomic E-state index is -0.868. The zero-order valence-electron chi connectivity index (χ0n) is 19.9. The van der Waals surface area contributed by atoms with Gasteiger partial charge in [0.1, 0.15) is 0 Å². The van der Waals surface area contributed by atoms with Gasteiger partial charge < -0.3 is 14.2 Å². The number of carbonyl (C=O) groups excluding carboxylic acids is 1. The molecule has 0 N–H and O–H groups in total. The van der Waals surface area contributed by atoms with Crippen molar-refractivity contribution in [2.24, 2.45) is 0 Å². The van der Waals surface area contributed by atoms with Gasteiger partial charge in [0.05, 0.1) is 24.4 Å². The van der Waals surface area contributed by atoms with Crippen LogP contribution in [0.15, 0.2) is 74.8 Å². The second-order valence-electron chi connectivity index (χ2n) is 9.26. The van der Waals surface area contributed by atoms with Crippen LogP contribution in [0.5, 0.6) is 0 Å². The smallest absolute Gasteiger partial charge is 0.379 e. The normalized spacial score (nSPS) is 20.5. The standard InChI is InChI=1S/C25H29N5O5/c1-25(2)21(30-23(32)29(24(33)35-30)20-11-7-4-8-12-20)28(19-9-5-3-6-10-19)22(31)27(25)14-13-26-15-17-34-18-16-26/h3-12,21H,13-18H2,1-2H3/t21-/m1/s1. The highest BCUT2D eigenvalue weighted by Gasteiger charge is 2.55. The molecule has 0 bridgehead atoms. The molecule has 2 fully saturated rings. The molecule has 0 spiro atoms. The summed E-state index contributed by atoms with van der Waals surface area (Å²) in [6.45, 7) is 7.88. The number of amides is 2. The third-order valence-corrected chi connectivity index (χ3v) is 6.76. The number of morpholine rings is 1. The first-order valence-electron chi connectivity index (χ1n) is 11.8. The van der Waals surface area contributed by atoms with Gasteiger partial charge >= 0.3 is 17.5 Å². The molecule has 10 nitrogen and oxygen atoms in total. The van der Waals surface area contributed by atoms with Crippen LogP contribution in [-0.4, -0.2) is 70.1 Å². The summed E-state index contributed by atoms with van der Waals surface area (Å²) in [5, 5.41) is 0. The SMILES string of the molecule is CC1(C)[C@@H](n2oc(=O)n(-c3ccccc3)c2=O)N(c2ccccc2)C(=O)N1CCN1CCOCC1. The predicted molar refractivity (Wildman–Crippen MR) is 130 cm³/mol. The van der Waals surface area contributed by atoms with Crippen molar-refractivity contribution in [3.8, 4) is 5.69 Å². The van der Waals surface area contributed by atoms with Crippen molar-refractivity contribution < 1.29 is 14.1 Å². The molecule has 3 aromatic rings. The Kier molecular flexibility index (Phi) is 6.08. The van der Waals surface area contributed by atoms with Gasteiger partial charge in [0.15, 0.2) is 6.17 Å². The number of ether oxygens (including phenoxy) is 1. The van der Waals surface area contributed by atoms with E-state index in [2.05, 4.69) is 4.90 Å². The number of hydrogen-bond acceptors (Lipinski definition) is 6. The maximum absolute atomic E-state index is 13.8. The molecule has 2 aliphatic rings. The molecular formula is C25H29N5O5. The summed E-state index contributed by atoms with van der Waals surface area (Å²) in [6.07, 6.45) is -0.868. The van der Waals surface area contributed by atoms with E-state index in [1.54, 1.807) is 40.1 Å². The summed E-state index contributed by atoms with van der Waals surface area (Å²) in [4.78, 5) is 45.7. The van der Waals surface area contributed by atoms with Gasteiger partial charge in [-0.3, -0.25) is 9.80 Å². The van der Waals surface area contributed by atoms with Crippen LogP contribution in [-0.2, 0) is 4.74 Å². The molecule has 2 aromatic carbocycles. The lowest BCUT2D eigenvalue weighted by molar-refractivity contribution is 0.0288. The summed E-state index contributed by atoms with van der Waals surface area (Å²) in [6, 6.07) is 17.5. The van der Waals surface area contributed by atoms with E-state index < -0.39 is 23.2 Å².